The molecule has 162 valence electrons. The number of carbonyl (C=O) groups is 3. The number of terminal acetylenes is 1. The molecule has 1 N–H and O–H groups in total. The Morgan fingerprint density at radius 2 is 2.00 bits per heavy atom. The number of barbiturate groups is 1. The van der Waals surface area contributed by atoms with Gasteiger partial charge in [-0.3, -0.25) is 14.9 Å². The number of ether oxygens (including phenoxy) is 4. The van der Waals surface area contributed by atoms with Crippen LogP contribution < -0.4 is 29.2 Å². The molecule has 0 atom stereocenters. The number of nitrogens with zero attached hydrogens (tertiary/aromatic N) is 1. The lowest BCUT2D eigenvalue weighted by Gasteiger charge is -2.26. The highest BCUT2D eigenvalue weighted by atomic mass is 79.9. The second kappa shape index (κ2) is 8.64. The number of hydrogen-bond donors (Lipinski definition) is 1. The van der Waals surface area contributed by atoms with Gasteiger partial charge in [0.2, 0.25) is 6.79 Å². The molecule has 0 saturated carbocycles. The van der Waals surface area contributed by atoms with Crippen LogP contribution in [0.3, 0.4) is 0 Å². The van der Waals surface area contributed by atoms with E-state index in [4.69, 9.17) is 25.4 Å². The van der Waals surface area contributed by atoms with Gasteiger partial charge in [0.25, 0.3) is 11.8 Å². The molecule has 4 amide bonds. The molecule has 1 fully saturated rings. The predicted octanol–water partition coefficient (Wildman–Crippen LogP) is 2.86. The van der Waals surface area contributed by atoms with Crippen molar-refractivity contribution in [1.29, 1.82) is 0 Å². The molecule has 2 aromatic carbocycles. The highest BCUT2D eigenvalue weighted by Gasteiger charge is 2.37. The first-order valence-electron chi connectivity index (χ1n) is 9.18. The Hall–Kier alpha value is -3.97. The third-order valence-corrected chi connectivity index (χ3v) is 5.17. The summed E-state index contributed by atoms with van der Waals surface area (Å²) < 4.78 is 21.9. The highest BCUT2D eigenvalue weighted by molar-refractivity contribution is 9.10. The van der Waals surface area contributed by atoms with Gasteiger partial charge in [-0.1, -0.05) is 5.92 Å². The van der Waals surface area contributed by atoms with E-state index in [9.17, 15) is 14.4 Å². The molecular weight excluding hydrogens is 484 g/mol. The van der Waals surface area contributed by atoms with Crippen LogP contribution in [0.1, 0.15) is 5.56 Å². The monoisotopic (exact) mass is 498 g/mol. The summed E-state index contributed by atoms with van der Waals surface area (Å²) in [5, 5.41) is 2.18. The lowest BCUT2D eigenvalue weighted by molar-refractivity contribution is -0.122. The van der Waals surface area contributed by atoms with Crippen LogP contribution in [0.15, 0.2) is 40.4 Å². The van der Waals surface area contributed by atoms with Crippen molar-refractivity contribution in [1.82, 2.24) is 5.32 Å². The van der Waals surface area contributed by atoms with E-state index in [1.165, 1.54) is 25.3 Å². The smallest absolute Gasteiger partial charge is 0.335 e. The Morgan fingerprint density at radius 1 is 1.22 bits per heavy atom. The molecule has 0 unspecified atom stereocenters. The molecule has 0 aromatic heterocycles. The molecule has 4 rings (SSSR count). The van der Waals surface area contributed by atoms with Gasteiger partial charge in [0.1, 0.15) is 12.2 Å². The molecule has 0 aliphatic carbocycles. The molecule has 32 heavy (non-hydrogen) atoms. The van der Waals surface area contributed by atoms with Crippen LogP contribution >= 0.6 is 15.9 Å². The van der Waals surface area contributed by atoms with E-state index in [-0.39, 0.29) is 24.7 Å². The van der Waals surface area contributed by atoms with Crippen molar-refractivity contribution in [2.24, 2.45) is 0 Å². The summed E-state index contributed by atoms with van der Waals surface area (Å²) in [7, 11) is 1.44. The van der Waals surface area contributed by atoms with E-state index >= 15 is 0 Å². The largest absolute Gasteiger partial charge is 0.493 e. The molecule has 2 aliphatic rings. The van der Waals surface area contributed by atoms with Gasteiger partial charge in [0.15, 0.2) is 23.0 Å². The Labute approximate surface area is 191 Å². The first kappa shape index (κ1) is 21.3. The third-order valence-electron chi connectivity index (χ3n) is 4.58. The molecule has 0 radical (unpaired) electrons. The quantitative estimate of drug-likeness (QED) is 0.384. The second-order valence-corrected chi connectivity index (χ2v) is 7.38. The summed E-state index contributed by atoms with van der Waals surface area (Å²) in [6.45, 7) is 0.0726. The predicted molar refractivity (Wildman–Crippen MR) is 117 cm³/mol. The van der Waals surface area contributed by atoms with Crippen LogP contribution in [0.5, 0.6) is 23.0 Å². The van der Waals surface area contributed by atoms with Gasteiger partial charge in [-0.2, -0.15) is 0 Å². The van der Waals surface area contributed by atoms with E-state index in [1.807, 2.05) is 0 Å². The number of urea groups is 1. The second-order valence-electron chi connectivity index (χ2n) is 6.52. The molecule has 10 heteroatoms. The van der Waals surface area contributed by atoms with Gasteiger partial charge < -0.3 is 18.9 Å². The average molecular weight is 499 g/mol. The summed E-state index contributed by atoms with van der Waals surface area (Å²) in [5.74, 6) is 2.36. The molecule has 2 aliphatic heterocycles. The Bertz CT molecular complexity index is 1220. The SMILES string of the molecule is C#CCOc1c(Br)cc(/C=C2\C(=O)NC(=O)N(c3ccc4c(c3)OCO4)C2=O)cc1OC. The first-order chi connectivity index (χ1) is 15.4. The summed E-state index contributed by atoms with van der Waals surface area (Å²) >= 11 is 3.37. The number of amides is 4. The maximum atomic E-state index is 13.1. The van der Waals surface area contributed by atoms with E-state index < -0.39 is 17.8 Å². The van der Waals surface area contributed by atoms with Crippen LogP contribution in [-0.2, 0) is 9.59 Å². The van der Waals surface area contributed by atoms with Gasteiger partial charge in [-0.25, -0.2) is 9.69 Å². The fourth-order valence-electron chi connectivity index (χ4n) is 3.16. The Morgan fingerprint density at radius 3 is 2.75 bits per heavy atom. The van der Waals surface area contributed by atoms with Gasteiger partial charge in [-0.05, 0) is 51.8 Å². The number of anilines is 1. The van der Waals surface area contributed by atoms with Crippen LogP contribution in [0.4, 0.5) is 10.5 Å². The van der Waals surface area contributed by atoms with Gasteiger partial charge in [0, 0.05) is 6.07 Å². The van der Waals surface area contributed by atoms with Crippen molar-refractivity contribution in [3.8, 4) is 35.3 Å². The molecule has 0 bridgehead atoms. The summed E-state index contributed by atoms with van der Waals surface area (Å²) in [5.41, 5.74) is 0.445. The van der Waals surface area contributed by atoms with Crippen molar-refractivity contribution >= 4 is 45.5 Å². The Balaban J connectivity index is 1.71. The Kier molecular flexibility index (Phi) is 5.75. The minimum absolute atomic E-state index is 0.0306. The average Bonchev–Trinajstić information content (AvgIpc) is 3.23. The van der Waals surface area contributed by atoms with Crippen molar-refractivity contribution in [3.63, 3.8) is 0 Å². The standard InChI is InChI=1S/C22H15BrN2O7/c1-3-6-30-19-15(23)8-12(9-18(19)29-2)7-14-20(26)24-22(28)25(21(14)27)13-4-5-16-17(10-13)32-11-31-16/h1,4-5,7-10H,6,11H2,2H3,(H,24,26,28)/b14-7+. The summed E-state index contributed by atoms with van der Waals surface area (Å²) in [6, 6.07) is 6.93. The third kappa shape index (κ3) is 3.86. The normalized spacial score (nSPS) is 16.1. The topological polar surface area (TPSA) is 103 Å². The van der Waals surface area contributed by atoms with Crippen molar-refractivity contribution in [2.75, 3.05) is 25.4 Å². The van der Waals surface area contributed by atoms with Crippen molar-refractivity contribution in [2.45, 2.75) is 0 Å². The number of hydrogen-bond acceptors (Lipinski definition) is 7. The number of carbonyl (C=O) groups excluding carboxylic acids is 3. The summed E-state index contributed by atoms with van der Waals surface area (Å²) in [6.07, 6.45) is 6.58. The van der Waals surface area contributed by atoms with E-state index in [0.29, 0.717) is 33.0 Å². The lowest BCUT2D eigenvalue weighted by atomic mass is 10.1. The zero-order chi connectivity index (χ0) is 22.8. The van der Waals surface area contributed by atoms with Crippen LogP contribution in [0.2, 0.25) is 0 Å². The van der Waals surface area contributed by atoms with E-state index in [1.54, 1.807) is 18.2 Å². The molecule has 2 heterocycles. The number of benzene rings is 2. The van der Waals surface area contributed by atoms with Gasteiger partial charge in [-0.15, -0.1) is 6.42 Å². The maximum absolute atomic E-state index is 13.1. The zero-order valence-corrected chi connectivity index (χ0v) is 18.2. The zero-order valence-electron chi connectivity index (χ0n) is 16.6. The number of halogens is 1. The number of fused-ring (bicyclic) bond motifs is 1. The minimum Gasteiger partial charge on any atom is -0.493 e. The highest BCUT2D eigenvalue weighted by Crippen LogP contribution is 2.38. The molecular formula is C22H15BrN2O7. The first-order valence-corrected chi connectivity index (χ1v) is 9.97. The molecule has 2 aromatic rings. The molecule has 9 nitrogen and oxygen atoms in total. The van der Waals surface area contributed by atoms with Crippen LogP contribution in [0.25, 0.3) is 6.08 Å². The van der Waals surface area contributed by atoms with Crippen molar-refractivity contribution < 1.29 is 33.3 Å². The lowest BCUT2D eigenvalue weighted by Crippen LogP contribution is -2.54. The van der Waals surface area contributed by atoms with Crippen LogP contribution in [0, 0.1) is 12.3 Å². The summed E-state index contributed by atoms with van der Waals surface area (Å²) in [4.78, 5) is 38.8. The van der Waals surface area contributed by atoms with Crippen molar-refractivity contribution in [3.05, 3.63) is 45.9 Å². The fraction of sp³-hybridized carbons (Fsp3) is 0.136. The molecule has 0 spiro atoms. The number of imide groups is 2. The fourth-order valence-corrected chi connectivity index (χ4v) is 3.73. The maximum Gasteiger partial charge on any atom is 0.335 e. The molecule has 1 saturated heterocycles. The van der Waals surface area contributed by atoms with Crippen LogP contribution in [-0.4, -0.2) is 38.4 Å². The number of nitrogens with one attached hydrogen (secondary N) is 1. The van der Waals surface area contributed by atoms with E-state index in [0.717, 1.165) is 4.90 Å². The van der Waals surface area contributed by atoms with Gasteiger partial charge in [0.05, 0.1) is 17.3 Å². The minimum atomic E-state index is -0.868. The number of rotatable bonds is 5. The van der Waals surface area contributed by atoms with Gasteiger partial charge >= 0.3 is 6.03 Å². The number of methoxy groups -OCH3 is 1. The van der Waals surface area contributed by atoms with E-state index in [2.05, 4.69) is 27.2 Å².